The molecule has 2 aromatic carbocycles. The average Bonchev–Trinajstić information content (AvgIpc) is 3.16. The molecule has 184 valence electrons. The van der Waals surface area contributed by atoms with Crippen molar-refractivity contribution in [2.24, 2.45) is 0 Å². The number of carbonyl (C=O) groups is 3. The number of esters is 1. The average molecular weight is 480 g/mol. The number of halogens is 1. The van der Waals surface area contributed by atoms with E-state index in [-0.39, 0.29) is 36.0 Å². The van der Waals surface area contributed by atoms with Gasteiger partial charge in [-0.15, -0.1) is 0 Å². The number of Topliss-reactive ketones (excluding diaryl/α,β-unsaturated/α-hetero) is 1. The molecule has 1 aromatic heterocycles. The van der Waals surface area contributed by atoms with Crippen LogP contribution in [0.1, 0.15) is 52.7 Å². The summed E-state index contributed by atoms with van der Waals surface area (Å²) in [6.07, 6.45) is 0. The minimum Gasteiger partial charge on any atom is -0.460 e. The fourth-order valence-corrected chi connectivity index (χ4v) is 4.73. The van der Waals surface area contributed by atoms with E-state index in [2.05, 4.69) is 16.8 Å². The Balaban J connectivity index is 1.57. The highest BCUT2D eigenvalue weighted by atomic mass is 19.1. The minimum absolute atomic E-state index is 0.0483. The van der Waals surface area contributed by atoms with Gasteiger partial charge in [0.15, 0.2) is 0 Å². The number of fused-ring (bicyclic) bond motifs is 1. The van der Waals surface area contributed by atoms with Gasteiger partial charge >= 0.3 is 5.97 Å². The lowest BCUT2D eigenvalue weighted by molar-refractivity contribution is -0.137. The molecule has 7 nitrogen and oxygen atoms in total. The summed E-state index contributed by atoms with van der Waals surface area (Å²) in [5.74, 6) is -2.02. The number of aromatic amines is 1. The number of carbonyl (C=O) groups excluding carboxylic acids is 3. The first kappa shape index (κ1) is 24.6. The lowest BCUT2D eigenvalue weighted by atomic mass is 10.0. The van der Waals surface area contributed by atoms with E-state index in [1.165, 1.54) is 12.1 Å². The smallest absolute Gasteiger partial charge is 0.379 e. The van der Waals surface area contributed by atoms with Gasteiger partial charge in [-0.25, -0.2) is 9.18 Å². The molecule has 0 spiro atoms. The summed E-state index contributed by atoms with van der Waals surface area (Å²) >= 11 is 0. The highest BCUT2D eigenvalue weighted by Crippen LogP contribution is 2.28. The summed E-state index contributed by atoms with van der Waals surface area (Å²) in [6, 6.07) is 11.4. The molecule has 1 saturated heterocycles. The largest absolute Gasteiger partial charge is 0.460 e. The van der Waals surface area contributed by atoms with Crippen molar-refractivity contribution >= 4 is 28.6 Å². The number of ether oxygens (including phenoxy) is 1. The van der Waals surface area contributed by atoms with Crippen molar-refractivity contribution in [3.63, 3.8) is 0 Å². The normalized spacial score (nSPS) is 18.6. The van der Waals surface area contributed by atoms with Crippen LogP contribution in [0.3, 0.4) is 0 Å². The van der Waals surface area contributed by atoms with Crippen molar-refractivity contribution in [3.8, 4) is 0 Å². The number of amides is 1. The van der Waals surface area contributed by atoms with Gasteiger partial charge in [-0.1, -0.05) is 12.1 Å². The Hall–Kier alpha value is -3.52. The van der Waals surface area contributed by atoms with Crippen LogP contribution >= 0.6 is 0 Å². The Morgan fingerprint density at radius 2 is 1.77 bits per heavy atom. The molecule has 35 heavy (non-hydrogen) atoms. The van der Waals surface area contributed by atoms with Gasteiger partial charge in [-0.3, -0.25) is 14.5 Å². The number of hydrogen-bond donors (Lipinski definition) is 1. The van der Waals surface area contributed by atoms with Crippen LogP contribution in [-0.2, 0) is 16.1 Å². The molecular formula is C27H30FN3O4. The molecule has 1 fully saturated rings. The number of nitrogens with one attached hydrogen (secondary N) is 1. The standard InChI is InChI=1S/C27H30FN3O4/c1-5-35-27(34)25(32)20-8-11-23-22(12-20)24(18(4)29-23)26(33)31-14-16(2)30(13-17(31)3)15-19-6-9-21(28)10-7-19/h6-12,16-17,29H,5,13-15H2,1-4H3. The molecule has 1 N–H and O–H groups in total. The number of nitrogens with zero attached hydrogens (tertiary/aromatic N) is 2. The fraction of sp³-hybridized carbons (Fsp3) is 0.370. The third-order valence-electron chi connectivity index (χ3n) is 6.60. The second-order valence-corrected chi connectivity index (χ2v) is 9.15. The lowest BCUT2D eigenvalue weighted by Gasteiger charge is -2.44. The maximum atomic E-state index is 13.7. The molecule has 8 heteroatoms. The monoisotopic (exact) mass is 479 g/mol. The van der Waals surface area contributed by atoms with Crippen LogP contribution < -0.4 is 0 Å². The molecule has 2 atom stereocenters. The molecule has 4 rings (SSSR count). The van der Waals surface area contributed by atoms with Gasteiger partial charge in [-0.2, -0.15) is 0 Å². The van der Waals surface area contributed by atoms with E-state index >= 15 is 0 Å². The molecule has 1 aliphatic heterocycles. The number of piperazine rings is 1. The van der Waals surface area contributed by atoms with Crippen molar-refractivity contribution in [1.82, 2.24) is 14.8 Å². The third-order valence-corrected chi connectivity index (χ3v) is 6.60. The van der Waals surface area contributed by atoms with Gasteiger partial charge in [0.25, 0.3) is 11.7 Å². The Kier molecular flexibility index (Phi) is 7.03. The van der Waals surface area contributed by atoms with E-state index in [4.69, 9.17) is 4.74 Å². The zero-order chi connectivity index (χ0) is 25.3. The number of benzene rings is 2. The molecular weight excluding hydrogens is 449 g/mol. The summed E-state index contributed by atoms with van der Waals surface area (Å²) in [5, 5.41) is 0.608. The van der Waals surface area contributed by atoms with Crippen molar-refractivity contribution in [2.75, 3.05) is 19.7 Å². The molecule has 0 saturated carbocycles. The van der Waals surface area contributed by atoms with Crippen LogP contribution in [-0.4, -0.2) is 64.2 Å². The summed E-state index contributed by atoms with van der Waals surface area (Å²) in [4.78, 5) is 45.5. The molecule has 2 heterocycles. The number of H-pyrrole nitrogens is 1. The van der Waals surface area contributed by atoms with Crippen molar-refractivity contribution in [2.45, 2.75) is 46.3 Å². The first-order valence-corrected chi connectivity index (χ1v) is 11.8. The fourth-order valence-electron chi connectivity index (χ4n) is 4.73. The molecule has 0 bridgehead atoms. The summed E-state index contributed by atoms with van der Waals surface area (Å²) in [7, 11) is 0. The second kappa shape index (κ2) is 10.00. The van der Waals surface area contributed by atoms with E-state index in [0.29, 0.717) is 36.3 Å². The Bertz CT molecular complexity index is 1270. The van der Waals surface area contributed by atoms with Crippen LogP contribution in [0.2, 0.25) is 0 Å². The Morgan fingerprint density at radius 3 is 2.46 bits per heavy atom. The number of aromatic nitrogens is 1. The van der Waals surface area contributed by atoms with E-state index in [1.807, 2.05) is 18.7 Å². The molecule has 0 radical (unpaired) electrons. The summed E-state index contributed by atoms with van der Waals surface area (Å²) in [5.41, 5.74) is 3.15. The van der Waals surface area contributed by atoms with Crippen LogP contribution in [0, 0.1) is 12.7 Å². The molecule has 0 aliphatic carbocycles. The zero-order valence-electron chi connectivity index (χ0n) is 20.4. The van der Waals surface area contributed by atoms with Crippen LogP contribution in [0.5, 0.6) is 0 Å². The summed E-state index contributed by atoms with van der Waals surface area (Å²) in [6.45, 7) is 9.58. The molecule has 1 amide bonds. The predicted octanol–water partition coefficient (Wildman–Crippen LogP) is 4.10. The summed E-state index contributed by atoms with van der Waals surface area (Å²) < 4.78 is 18.1. The van der Waals surface area contributed by atoms with Gasteiger partial charge in [0.1, 0.15) is 5.82 Å². The van der Waals surface area contributed by atoms with Crippen molar-refractivity contribution < 1.29 is 23.5 Å². The SMILES string of the molecule is CCOC(=O)C(=O)c1ccc2[nH]c(C)c(C(=O)N3CC(C)N(Cc4ccc(F)cc4)CC3C)c2c1. The topological polar surface area (TPSA) is 82.7 Å². The number of aryl methyl sites for hydroxylation is 1. The van der Waals surface area contributed by atoms with Gasteiger partial charge in [-0.05, 0) is 63.6 Å². The van der Waals surface area contributed by atoms with Crippen molar-refractivity contribution in [1.29, 1.82) is 0 Å². The maximum absolute atomic E-state index is 13.7. The Morgan fingerprint density at radius 1 is 1.06 bits per heavy atom. The minimum atomic E-state index is -0.910. The van der Waals surface area contributed by atoms with Crippen molar-refractivity contribution in [3.05, 3.63) is 70.7 Å². The molecule has 1 aliphatic rings. The highest BCUT2D eigenvalue weighted by Gasteiger charge is 2.34. The van der Waals surface area contributed by atoms with E-state index in [0.717, 1.165) is 11.1 Å². The predicted molar refractivity (Wildman–Crippen MR) is 131 cm³/mol. The van der Waals surface area contributed by atoms with E-state index in [9.17, 15) is 18.8 Å². The van der Waals surface area contributed by atoms with Gasteiger partial charge in [0.2, 0.25) is 0 Å². The Labute approximate surface area is 203 Å². The number of hydrogen-bond acceptors (Lipinski definition) is 5. The first-order valence-electron chi connectivity index (χ1n) is 11.8. The van der Waals surface area contributed by atoms with Crippen LogP contribution in [0.15, 0.2) is 42.5 Å². The quantitative estimate of drug-likeness (QED) is 0.327. The zero-order valence-corrected chi connectivity index (χ0v) is 20.4. The van der Waals surface area contributed by atoms with E-state index < -0.39 is 11.8 Å². The molecule has 2 unspecified atom stereocenters. The van der Waals surface area contributed by atoms with E-state index in [1.54, 1.807) is 37.3 Å². The maximum Gasteiger partial charge on any atom is 0.379 e. The van der Waals surface area contributed by atoms with Gasteiger partial charge in [0.05, 0.1) is 12.2 Å². The first-order chi connectivity index (χ1) is 16.7. The van der Waals surface area contributed by atoms with Gasteiger partial charge < -0.3 is 14.6 Å². The molecule has 3 aromatic rings. The highest BCUT2D eigenvalue weighted by molar-refractivity contribution is 6.41. The second-order valence-electron chi connectivity index (χ2n) is 9.15. The van der Waals surface area contributed by atoms with Gasteiger partial charge in [0, 0.05) is 53.9 Å². The van der Waals surface area contributed by atoms with Crippen LogP contribution in [0.25, 0.3) is 10.9 Å². The number of ketones is 1. The number of rotatable bonds is 6. The third kappa shape index (κ3) is 4.98. The van der Waals surface area contributed by atoms with Crippen LogP contribution in [0.4, 0.5) is 4.39 Å². The lowest BCUT2D eigenvalue weighted by Crippen LogP contribution is -2.57.